The summed E-state index contributed by atoms with van der Waals surface area (Å²) < 4.78 is 5.20. The molecular formula is C25H18N2O. The molecule has 0 N–H and O–H groups in total. The lowest BCUT2D eigenvalue weighted by Crippen LogP contribution is -1.96. The van der Waals surface area contributed by atoms with Crippen LogP contribution in [0, 0.1) is 11.8 Å². The zero-order valence-electron chi connectivity index (χ0n) is 15.5. The van der Waals surface area contributed by atoms with Gasteiger partial charge in [-0.1, -0.05) is 66.6 Å². The molecule has 0 saturated carbocycles. The smallest absolute Gasteiger partial charge is 0.160 e. The minimum atomic E-state index is 0.666. The van der Waals surface area contributed by atoms with Gasteiger partial charge in [0.1, 0.15) is 11.4 Å². The molecule has 0 atom stereocenters. The van der Waals surface area contributed by atoms with Crippen molar-refractivity contribution in [3.05, 3.63) is 102 Å². The van der Waals surface area contributed by atoms with Gasteiger partial charge in [0.05, 0.1) is 7.11 Å². The first-order valence-electron chi connectivity index (χ1n) is 8.97. The maximum Gasteiger partial charge on any atom is 0.160 e. The number of benzene rings is 3. The molecule has 4 aromatic rings. The molecule has 0 spiro atoms. The van der Waals surface area contributed by atoms with Crippen LogP contribution in [0.2, 0.25) is 0 Å². The summed E-state index contributed by atoms with van der Waals surface area (Å²) in [7, 11) is 1.65. The summed E-state index contributed by atoms with van der Waals surface area (Å²) in [6.07, 6.45) is 1.85. The summed E-state index contributed by atoms with van der Waals surface area (Å²) in [6.45, 7) is 0. The van der Waals surface area contributed by atoms with Crippen LogP contribution in [-0.2, 0) is 0 Å². The van der Waals surface area contributed by atoms with Gasteiger partial charge >= 0.3 is 0 Å². The molecule has 3 nitrogen and oxygen atoms in total. The van der Waals surface area contributed by atoms with E-state index in [0.717, 1.165) is 28.0 Å². The number of ether oxygens (including phenoxy) is 1. The van der Waals surface area contributed by atoms with Crippen LogP contribution < -0.4 is 4.74 Å². The monoisotopic (exact) mass is 362 g/mol. The number of hydrogen-bond donors (Lipinski definition) is 0. The predicted octanol–water partition coefficient (Wildman–Crippen LogP) is 5.22. The van der Waals surface area contributed by atoms with Gasteiger partial charge < -0.3 is 4.74 Å². The van der Waals surface area contributed by atoms with Crippen molar-refractivity contribution in [1.29, 1.82) is 0 Å². The van der Waals surface area contributed by atoms with Gasteiger partial charge in [-0.2, -0.15) is 0 Å². The van der Waals surface area contributed by atoms with Crippen LogP contribution in [-0.4, -0.2) is 17.1 Å². The Bertz CT molecular complexity index is 1130. The van der Waals surface area contributed by atoms with Gasteiger partial charge in [-0.25, -0.2) is 9.97 Å². The highest BCUT2D eigenvalue weighted by Crippen LogP contribution is 2.24. The third kappa shape index (κ3) is 3.92. The van der Waals surface area contributed by atoms with Crippen molar-refractivity contribution in [2.24, 2.45) is 0 Å². The average molecular weight is 362 g/mol. The van der Waals surface area contributed by atoms with Crippen LogP contribution in [0.3, 0.4) is 0 Å². The Morgan fingerprint density at radius 1 is 0.714 bits per heavy atom. The van der Waals surface area contributed by atoms with Crippen LogP contribution in [0.4, 0.5) is 0 Å². The normalized spacial score (nSPS) is 10.0. The third-order valence-corrected chi connectivity index (χ3v) is 4.32. The summed E-state index contributed by atoms with van der Waals surface area (Å²) in [4.78, 5) is 9.33. The maximum absolute atomic E-state index is 5.20. The number of hydrogen-bond acceptors (Lipinski definition) is 3. The Kier molecular flexibility index (Phi) is 5.13. The van der Waals surface area contributed by atoms with Gasteiger partial charge in [-0.05, 0) is 35.7 Å². The first kappa shape index (κ1) is 17.5. The van der Waals surface area contributed by atoms with Crippen LogP contribution in [0.5, 0.6) is 5.75 Å². The van der Waals surface area contributed by atoms with E-state index in [1.165, 1.54) is 0 Å². The van der Waals surface area contributed by atoms with Crippen molar-refractivity contribution in [3.63, 3.8) is 0 Å². The fourth-order valence-electron chi connectivity index (χ4n) is 2.84. The Labute approximate surface area is 164 Å². The Balaban J connectivity index is 1.79. The first-order valence-corrected chi connectivity index (χ1v) is 8.97. The third-order valence-electron chi connectivity index (χ3n) is 4.32. The molecule has 3 heteroatoms. The highest BCUT2D eigenvalue weighted by Gasteiger charge is 2.09. The zero-order valence-corrected chi connectivity index (χ0v) is 15.5. The lowest BCUT2D eigenvalue weighted by Gasteiger charge is -2.07. The molecule has 0 amide bonds. The summed E-state index contributed by atoms with van der Waals surface area (Å²) in [5.74, 6) is 7.91. The van der Waals surface area contributed by atoms with Gasteiger partial charge in [-0.3, -0.25) is 0 Å². The van der Waals surface area contributed by atoms with Crippen molar-refractivity contribution in [2.75, 3.05) is 7.11 Å². The van der Waals surface area contributed by atoms with E-state index in [0.29, 0.717) is 11.5 Å². The topological polar surface area (TPSA) is 35.0 Å². The minimum Gasteiger partial charge on any atom is -0.497 e. The first-order chi connectivity index (χ1) is 13.8. The highest BCUT2D eigenvalue weighted by atomic mass is 16.5. The lowest BCUT2D eigenvalue weighted by molar-refractivity contribution is 0.415. The maximum atomic E-state index is 5.20. The summed E-state index contributed by atoms with van der Waals surface area (Å²) in [6, 6.07) is 27.7. The van der Waals surface area contributed by atoms with Gasteiger partial charge in [0.25, 0.3) is 0 Å². The van der Waals surface area contributed by atoms with Crippen molar-refractivity contribution >= 4 is 0 Å². The van der Waals surface area contributed by atoms with Crippen LogP contribution in [0.1, 0.15) is 11.3 Å². The second-order valence-electron chi connectivity index (χ2n) is 6.17. The number of nitrogens with zero attached hydrogens (tertiary/aromatic N) is 2. The minimum absolute atomic E-state index is 0.666. The largest absolute Gasteiger partial charge is 0.497 e. The number of aromatic nitrogens is 2. The summed E-state index contributed by atoms with van der Waals surface area (Å²) >= 11 is 0. The molecule has 0 aliphatic heterocycles. The summed E-state index contributed by atoms with van der Waals surface area (Å²) in [5, 5.41) is 0. The second-order valence-corrected chi connectivity index (χ2v) is 6.17. The van der Waals surface area contributed by atoms with Crippen molar-refractivity contribution in [1.82, 2.24) is 9.97 Å². The molecule has 0 unspecified atom stereocenters. The van der Waals surface area contributed by atoms with Crippen molar-refractivity contribution in [3.8, 4) is 40.1 Å². The number of methoxy groups -OCH3 is 1. The highest BCUT2D eigenvalue weighted by molar-refractivity contribution is 5.70. The van der Waals surface area contributed by atoms with Crippen molar-refractivity contribution in [2.45, 2.75) is 0 Å². The quantitative estimate of drug-likeness (QED) is 0.469. The van der Waals surface area contributed by atoms with E-state index in [4.69, 9.17) is 9.72 Å². The second kappa shape index (κ2) is 8.20. The molecular weight excluding hydrogens is 344 g/mol. The van der Waals surface area contributed by atoms with Gasteiger partial charge in [-0.15, -0.1) is 0 Å². The molecule has 0 aliphatic rings. The molecule has 0 radical (unpaired) electrons. The Morgan fingerprint density at radius 3 is 2.00 bits per heavy atom. The Morgan fingerprint density at radius 2 is 1.36 bits per heavy atom. The molecule has 0 saturated heterocycles. The summed E-state index contributed by atoms with van der Waals surface area (Å²) in [5.41, 5.74) is 4.53. The predicted molar refractivity (Wildman–Crippen MR) is 112 cm³/mol. The van der Waals surface area contributed by atoms with Crippen molar-refractivity contribution < 1.29 is 4.74 Å². The van der Waals surface area contributed by atoms with Gasteiger partial charge in [0.2, 0.25) is 0 Å². The van der Waals surface area contributed by atoms with E-state index in [1.807, 2.05) is 91.1 Å². The molecule has 4 rings (SSSR count). The average Bonchev–Trinajstić information content (AvgIpc) is 2.79. The molecule has 28 heavy (non-hydrogen) atoms. The van der Waals surface area contributed by atoms with Gasteiger partial charge in [0.15, 0.2) is 5.82 Å². The molecule has 3 aromatic carbocycles. The van der Waals surface area contributed by atoms with E-state index in [9.17, 15) is 0 Å². The van der Waals surface area contributed by atoms with E-state index in [2.05, 4.69) is 16.8 Å². The van der Waals surface area contributed by atoms with E-state index >= 15 is 0 Å². The SMILES string of the molecule is COc1ccc(C#Cc2nc(-c3ccccc3)ncc2-c2ccccc2)cc1. The Hall–Kier alpha value is -3.90. The molecule has 0 fully saturated rings. The lowest BCUT2D eigenvalue weighted by atomic mass is 10.1. The molecule has 1 aromatic heterocycles. The standard InChI is InChI=1S/C25H18N2O/c1-28-22-15-12-19(13-16-22)14-17-24-23(20-8-4-2-5-9-20)18-26-25(27-24)21-10-6-3-7-11-21/h2-13,15-16,18H,1H3. The molecule has 0 bridgehead atoms. The molecule has 0 aliphatic carbocycles. The van der Waals surface area contributed by atoms with Gasteiger partial charge in [0, 0.05) is 22.9 Å². The van der Waals surface area contributed by atoms with E-state index in [-0.39, 0.29) is 0 Å². The zero-order chi connectivity index (χ0) is 19.2. The fourth-order valence-corrected chi connectivity index (χ4v) is 2.84. The molecule has 134 valence electrons. The molecule has 1 heterocycles. The van der Waals surface area contributed by atoms with Crippen LogP contribution in [0.15, 0.2) is 91.1 Å². The van der Waals surface area contributed by atoms with E-state index in [1.54, 1.807) is 7.11 Å². The van der Waals surface area contributed by atoms with E-state index < -0.39 is 0 Å². The van der Waals surface area contributed by atoms with Crippen LogP contribution >= 0.6 is 0 Å². The number of rotatable bonds is 3. The van der Waals surface area contributed by atoms with Crippen LogP contribution in [0.25, 0.3) is 22.5 Å². The fraction of sp³-hybridized carbons (Fsp3) is 0.0400.